The van der Waals surface area contributed by atoms with Crippen LogP contribution >= 0.6 is 0 Å². The Kier molecular flexibility index (Phi) is 4.19. The van der Waals surface area contributed by atoms with E-state index < -0.39 is 11.9 Å². The third-order valence-electron chi connectivity index (χ3n) is 1.67. The minimum Gasteiger partial charge on any atom is -0.481 e. The van der Waals surface area contributed by atoms with Crippen LogP contribution in [0.3, 0.4) is 0 Å². The van der Waals surface area contributed by atoms with Crippen LogP contribution in [0.1, 0.15) is 16.9 Å². The molecule has 0 unspecified atom stereocenters. The Balaban J connectivity index is 2.60. The van der Waals surface area contributed by atoms with Gasteiger partial charge in [0.25, 0.3) is 0 Å². The molecule has 1 aromatic heterocycles. The molecule has 0 atom stereocenters. The Morgan fingerprint density at radius 3 is 2.88 bits per heavy atom. The SMILES string of the molecule is COC(=O)c1cncc(NCCC(=O)O)n1. The number of carbonyl (C=O) groups excluding carboxylic acids is 1. The Bertz CT molecular complexity index is 394. The Hall–Kier alpha value is -2.18. The number of nitrogens with zero attached hydrogens (tertiary/aromatic N) is 2. The van der Waals surface area contributed by atoms with Crippen LogP contribution < -0.4 is 5.32 Å². The van der Waals surface area contributed by atoms with Crippen molar-refractivity contribution in [3.05, 3.63) is 18.1 Å². The van der Waals surface area contributed by atoms with Crippen molar-refractivity contribution < 1.29 is 19.4 Å². The lowest BCUT2D eigenvalue weighted by Crippen LogP contribution is -2.11. The van der Waals surface area contributed by atoms with Gasteiger partial charge in [-0.1, -0.05) is 0 Å². The van der Waals surface area contributed by atoms with Crippen LogP contribution in [0.15, 0.2) is 12.4 Å². The molecule has 86 valence electrons. The average Bonchev–Trinajstić information content (AvgIpc) is 2.28. The maximum absolute atomic E-state index is 11.1. The highest BCUT2D eigenvalue weighted by molar-refractivity contribution is 5.87. The number of carbonyl (C=O) groups is 2. The Labute approximate surface area is 91.5 Å². The molecule has 0 radical (unpaired) electrons. The number of anilines is 1. The molecule has 0 spiro atoms. The minimum atomic E-state index is -0.912. The summed E-state index contributed by atoms with van der Waals surface area (Å²) in [5.41, 5.74) is 0.0721. The molecular formula is C9H11N3O4. The van der Waals surface area contributed by atoms with E-state index in [-0.39, 0.29) is 18.7 Å². The second-order valence-corrected chi connectivity index (χ2v) is 2.85. The first-order valence-electron chi connectivity index (χ1n) is 4.49. The molecule has 0 saturated carbocycles. The largest absolute Gasteiger partial charge is 0.481 e. The second kappa shape index (κ2) is 5.64. The summed E-state index contributed by atoms with van der Waals surface area (Å²) in [7, 11) is 1.24. The van der Waals surface area contributed by atoms with E-state index in [1.165, 1.54) is 19.5 Å². The number of rotatable bonds is 5. The maximum atomic E-state index is 11.1. The molecule has 7 nitrogen and oxygen atoms in total. The fraction of sp³-hybridized carbons (Fsp3) is 0.333. The maximum Gasteiger partial charge on any atom is 0.358 e. The number of esters is 1. The molecule has 0 fully saturated rings. The third kappa shape index (κ3) is 3.52. The molecule has 7 heteroatoms. The average molecular weight is 225 g/mol. The van der Waals surface area contributed by atoms with Crippen LogP contribution in [-0.4, -0.2) is 40.7 Å². The van der Waals surface area contributed by atoms with Gasteiger partial charge in [-0.25, -0.2) is 9.78 Å². The number of carboxylic acids is 1. The van der Waals surface area contributed by atoms with Crippen LogP contribution in [-0.2, 0) is 9.53 Å². The first kappa shape index (κ1) is 11.9. The van der Waals surface area contributed by atoms with Gasteiger partial charge in [0.2, 0.25) is 0 Å². The van der Waals surface area contributed by atoms with Gasteiger partial charge in [0, 0.05) is 6.54 Å². The first-order chi connectivity index (χ1) is 7.63. The smallest absolute Gasteiger partial charge is 0.358 e. The van der Waals surface area contributed by atoms with Crippen LogP contribution in [0.5, 0.6) is 0 Å². The molecule has 1 heterocycles. The Morgan fingerprint density at radius 1 is 1.50 bits per heavy atom. The van der Waals surface area contributed by atoms with E-state index in [0.29, 0.717) is 5.82 Å². The van der Waals surface area contributed by atoms with Crippen LogP contribution in [0.2, 0.25) is 0 Å². The monoisotopic (exact) mass is 225 g/mol. The van der Waals surface area contributed by atoms with E-state index in [4.69, 9.17) is 5.11 Å². The van der Waals surface area contributed by atoms with Crippen molar-refractivity contribution in [2.24, 2.45) is 0 Å². The topological polar surface area (TPSA) is 101 Å². The van der Waals surface area contributed by atoms with Crippen molar-refractivity contribution in [1.82, 2.24) is 9.97 Å². The summed E-state index contributed by atoms with van der Waals surface area (Å²) in [5, 5.41) is 11.2. The predicted octanol–water partition coefficient (Wildman–Crippen LogP) is 0.150. The van der Waals surface area contributed by atoms with Crippen molar-refractivity contribution in [3.63, 3.8) is 0 Å². The lowest BCUT2D eigenvalue weighted by Gasteiger charge is -2.04. The molecule has 0 aliphatic rings. The lowest BCUT2D eigenvalue weighted by molar-refractivity contribution is -0.136. The quantitative estimate of drug-likeness (QED) is 0.687. The number of hydrogen-bond acceptors (Lipinski definition) is 6. The summed E-state index contributed by atoms with van der Waals surface area (Å²) in [6.07, 6.45) is 2.63. The highest BCUT2D eigenvalue weighted by Crippen LogP contribution is 2.03. The molecule has 0 amide bonds. The van der Waals surface area contributed by atoms with Gasteiger partial charge < -0.3 is 15.2 Å². The van der Waals surface area contributed by atoms with Crippen molar-refractivity contribution in [2.45, 2.75) is 6.42 Å². The molecular weight excluding hydrogens is 214 g/mol. The van der Waals surface area contributed by atoms with Gasteiger partial charge in [-0.3, -0.25) is 9.78 Å². The molecule has 16 heavy (non-hydrogen) atoms. The first-order valence-corrected chi connectivity index (χ1v) is 4.49. The molecule has 1 aromatic rings. The number of hydrogen-bond donors (Lipinski definition) is 2. The standard InChI is InChI=1S/C9H11N3O4/c1-16-9(15)6-4-10-5-7(12-6)11-3-2-8(13)14/h4-5H,2-3H2,1H3,(H,11,12)(H,13,14). The number of aliphatic carboxylic acids is 1. The number of nitrogens with one attached hydrogen (secondary N) is 1. The highest BCUT2D eigenvalue weighted by Gasteiger charge is 2.08. The molecule has 0 aliphatic heterocycles. The zero-order valence-corrected chi connectivity index (χ0v) is 8.64. The highest BCUT2D eigenvalue weighted by atomic mass is 16.5. The Morgan fingerprint density at radius 2 is 2.25 bits per heavy atom. The van der Waals surface area contributed by atoms with Crippen molar-refractivity contribution in [1.29, 1.82) is 0 Å². The molecule has 2 N–H and O–H groups in total. The number of carboxylic acid groups (broad SMARTS) is 1. The number of methoxy groups -OCH3 is 1. The molecule has 0 aromatic carbocycles. The van der Waals surface area contributed by atoms with Crippen LogP contribution in [0.4, 0.5) is 5.82 Å². The van der Waals surface area contributed by atoms with E-state index in [1.807, 2.05) is 0 Å². The summed E-state index contributed by atoms with van der Waals surface area (Å²) in [6.45, 7) is 0.217. The fourth-order valence-corrected chi connectivity index (χ4v) is 0.952. The molecule has 0 aliphatic carbocycles. The van der Waals surface area contributed by atoms with Gasteiger partial charge in [0.05, 0.1) is 25.9 Å². The van der Waals surface area contributed by atoms with Crippen molar-refractivity contribution in [2.75, 3.05) is 19.0 Å². The van der Waals surface area contributed by atoms with E-state index in [9.17, 15) is 9.59 Å². The number of ether oxygens (including phenoxy) is 1. The van der Waals surface area contributed by atoms with E-state index in [1.54, 1.807) is 0 Å². The van der Waals surface area contributed by atoms with Crippen LogP contribution in [0.25, 0.3) is 0 Å². The van der Waals surface area contributed by atoms with Gasteiger partial charge in [-0.05, 0) is 0 Å². The van der Waals surface area contributed by atoms with Crippen molar-refractivity contribution >= 4 is 17.8 Å². The normalized spacial score (nSPS) is 9.56. The molecule has 1 rings (SSSR count). The van der Waals surface area contributed by atoms with Gasteiger partial charge >= 0.3 is 11.9 Å². The summed E-state index contributed by atoms with van der Waals surface area (Å²) in [4.78, 5) is 29.0. The van der Waals surface area contributed by atoms with E-state index in [0.717, 1.165) is 0 Å². The summed E-state index contributed by atoms with van der Waals surface area (Å²) in [6, 6.07) is 0. The molecule has 0 saturated heterocycles. The van der Waals surface area contributed by atoms with Gasteiger partial charge in [0.15, 0.2) is 5.69 Å². The summed E-state index contributed by atoms with van der Waals surface area (Å²) in [5.74, 6) is -1.16. The van der Waals surface area contributed by atoms with E-state index >= 15 is 0 Å². The molecule has 0 bridgehead atoms. The fourth-order valence-electron chi connectivity index (χ4n) is 0.952. The third-order valence-corrected chi connectivity index (χ3v) is 1.67. The van der Waals surface area contributed by atoms with Gasteiger partial charge in [0.1, 0.15) is 5.82 Å². The zero-order chi connectivity index (χ0) is 12.0. The van der Waals surface area contributed by atoms with Gasteiger partial charge in [-0.15, -0.1) is 0 Å². The minimum absolute atomic E-state index is 0.0376. The second-order valence-electron chi connectivity index (χ2n) is 2.85. The van der Waals surface area contributed by atoms with E-state index in [2.05, 4.69) is 20.0 Å². The predicted molar refractivity (Wildman–Crippen MR) is 54.1 cm³/mol. The van der Waals surface area contributed by atoms with Crippen LogP contribution in [0, 0.1) is 0 Å². The lowest BCUT2D eigenvalue weighted by atomic mass is 10.4. The van der Waals surface area contributed by atoms with Crippen molar-refractivity contribution in [3.8, 4) is 0 Å². The summed E-state index contributed by atoms with van der Waals surface area (Å²) < 4.78 is 4.47. The van der Waals surface area contributed by atoms with Gasteiger partial charge in [-0.2, -0.15) is 0 Å². The number of aromatic nitrogens is 2. The zero-order valence-electron chi connectivity index (χ0n) is 8.64. The summed E-state index contributed by atoms with van der Waals surface area (Å²) >= 11 is 0.